The number of hydrogen-bond acceptors (Lipinski definition) is 6. The second-order valence-corrected chi connectivity index (χ2v) is 7.77. The molecule has 1 N–H and O–H groups in total. The first-order valence-electron chi connectivity index (χ1n) is 5.71. The summed E-state index contributed by atoms with van der Waals surface area (Å²) in [4.78, 5) is 15.3. The molecule has 7 nitrogen and oxygen atoms in total. The van der Waals surface area contributed by atoms with Crippen LogP contribution in [0.25, 0.3) is 0 Å². The van der Waals surface area contributed by atoms with E-state index in [1.165, 1.54) is 13.2 Å². The van der Waals surface area contributed by atoms with E-state index in [4.69, 9.17) is 16.3 Å². The van der Waals surface area contributed by atoms with Gasteiger partial charge in [-0.2, -0.15) is 4.31 Å². The minimum atomic E-state index is -3.73. The molecule has 1 rings (SSSR count). The van der Waals surface area contributed by atoms with E-state index in [0.29, 0.717) is 19.6 Å². The van der Waals surface area contributed by atoms with Crippen LogP contribution in [0.1, 0.15) is 6.42 Å². The van der Waals surface area contributed by atoms with Crippen molar-refractivity contribution in [2.75, 3.05) is 33.9 Å². The topological polar surface area (TPSA) is 88.6 Å². The Morgan fingerprint density at radius 1 is 1.60 bits per heavy atom. The number of methoxy groups -OCH3 is 1. The summed E-state index contributed by atoms with van der Waals surface area (Å²) in [6.07, 6.45) is 1.85. The Bertz CT molecular complexity index is 546. The Balaban J connectivity index is 2.53. The van der Waals surface area contributed by atoms with Crippen LogP contribution < -0.4 is 5.32 Å². The number of ether oxygens (including phenoxy) is 1. The molecule has 0 atom stereocenters. The van der Waals surface area contributed by atoms with E-state index in [0.717, 1.165) is 15.6 Å². The lowest BCUT2D eigenvalue weighted by Crippen LogP contribution is -2.38. The number of hydrogen-bond donors (Lipinski definition) is 1. The number of nitrogens with one attached hydrogen (secondary N) is 1. The van der Waals surface area contributed by atoms with Gasteiger partial charge in [0.05, 0.1) is 12.7 Å². The maximum atomic E-state index is 12.1. The molecule has 0 unspecified atom stereocenters. The van der Waals surface area contributed by atoms with E-state index < -0.39 is 10.0 Å². The number of nitrogens with zero attached hydrogens (tertiary/aromatic N) is 2. The Morgan fingerprint density at radius 3 is 2.85 bits per heavy atom. The molecule has 0 bridgehead atoms. The summed E-state index contributed by atoms with van der Waals surface area (Å²) in [5, 5.41) is 2.61. The van der Waals surface area contributed by atoms with Crippen molar-refractivity contribution in [2.24, 2.45) is 0 Å². The molecule has 1 aromatic rings. The Hall–Kier alpha value is -0.740. The van der Waals surface area contributed by atoms with Crippen LogP contribution in [0.5, 0.6) is 0 Å². The second-order valence-electron chi connectivity index (χ2n) is 3.89. The van der Waals surface area contributed by atoms with Gasteiger partial charge < -0.3 is 10.1 Å². The molecule has 0 aliphatic heterocycles. The zero-order chi connectivity index (χ0) is 15.2. The highest BCUT2D eigenvalue weighted by molar-refractivity contribution is 7.91. The first-order chi connectivity index (χ1) is 9.37. The molecule has 0 saturated carbocycles. The van der Waals surface area contributed by atoms with Gasteiger partial charge in [-0.15, -0.1) is 0 Å². The van der Waals surface area contributed by atoms with Crippen LogP contribution in [0, 0.1) is 0 Å². The fourth-order valence-electron chi connectivity index (χ4n) is 1.30. The molecule has 1 aromatic heterocycles. The van der Waals surface area contributed by atoms with E-state index in [1.54, 1.807) is 7.11 Å². The van der Waals surface area contributed by atoms with Crippen molar-refractivity contribution < 1.29 is 17.9 Å². The zero-order valence-electron chi connectivity index (χ0n) is 11.1. The predicted octanol–water partition coefficient (Wildman–Crippen LogP) is 0.570. The summed E-state index contributed by atoms with van der Waals surface area (Å²) >= 11 is 6.46. The van der Waals surface area contributed by atoms with Crippen LogP contribution in [-0.4, -0.2) is 57.5 Å². The summed E-state index contributed by atoms with van der Waals surface area (Å²) in [5.41, 5.74) is 0. The van der Waals surface area contributed by atoms with Crippen molar-refractivity contribution in [3.8, 4) is 0 Å². The fourth-order valence-corrected chi connectivity index (χ4v) is 3.93. The number of amides is 1. The molecule has 0 aromatic carbocycles. The molecule has 0 radical (unpaired) electrons. The second kappa shape index (κ2) is 7.89. The molecule has 0 aliphatic rings. The molecular weight excluding hydrogens is 326 g/mol. The van der Waals surface area contributed by atoms with Gasteiger partial charge in [-0.05, 0) is 6.42 Å². The van der Waals surface area contributed by atoms with Crippen LogP contribution in [0.4, 0.5) is 0 Å². The Morgan fingerprint density at radius 2 is 2.30 bits per heavy atom. The van der Waals surface area contributed by atoms with E-state index in [9.17, 15) is 13.2 Å². The van der Waals surface area contributed by atoms with Crippen molar-refractivity contribution in [3.05, 3.63) is 10.7 Å². The molecule has 0 saturated heterocycles. The van der Waals surface area contributed by atoms with Crippen molar-refractivity contribution in [1.29, 1.82) is 0 Å². The lowest BCUT2D eigenvalue weighted by Gasteiger charge is -2.15. The van der Waals surface area contributed by atoms with Crippen molar-refractivity contribution in [2.45, 2.75) is 10.6 Å². The minimum absolute atomic E-state index is 0.0113. The number of carbonyl (C=O) groups excluding carboxylic acids is 1. The lowest BCUT2D eigenvalue weighted by atomic mass is 10.4. The minimum Gasteiger partial charge on any atom is -0.385 e. The van der Waals surface area contributed by atoms with Crippen molar-refractivity contribution in [3.63, 3.8) is 0 Å². The number of thiazole rings is 1. The third-order valence-corrected chi connectivity index (χ3v) is 5.69. The third-order valence-electron chi connectivity index (χ3n) is 2.33. The van der Waals surface area contributed by atoms with Gasteiger partial charge in [-0.1, -0.05) is 22.9 Å². The zero-order valence-corrected chi connectivity index (χ0v) is 13.5. The van der Waals surface area contributed by atoms with Crippen molar-refractivity contribution >= 4 is 38.9 Å². The van der Waals surface area contributed by atoms with Crippen LogP contribution in [0.2, 0.25) is 4.47 Å². The van der Waals surface area contributed by atoms with E-state index in [2.05, 4.69) is 10.3 Å². The molecule has 20 heavy (non-hydrogen) atoms. The molecule has 114 valence electrons. The molecule has 0 aliphatic carbocycles. The van der Waals surface area contributed by atoms with Gasteiger partial charge in [0.1, 0.15) is 0 Å². The van der Waals surface area contributed by atoms with E-state index in [-0.39, 0.29) is 21.1 Å². The summed E-state index contributed by atoms with van der Waals surface area (Å²) in [7, 11) is -0.826. The van der Waals surface area contributed by atoms with Crippen LogP contribution >= 0.6 is 22.9 Å². The SMILES string of the molecule is COCCCNC(=O)CN(C)S(=O)(=O)c1cnc(Cl)s1. The average Bonchev–Trinajstić information content (AvgIpc) is 2.82. The smallest absolute Gasteiger partial charge is 0.254 e. The fraction of sp³-hybridized carbons (Fsp3) is 0.600. The summed E-state index contributed by atoms with van der Waals surface area (Å²) in [5.74, 6) is -0.372. The number of carbonyl (C=O) groups is 1. The van der Waals surface area contributed by atoms with E-state index >= 15 is 0 Å². The third kappa shape index (κ3) is 4.98. The summed E-state index contributed by atoms with van der Waals surface area (Å²) < 4.78 is 30.1. The number of likely N-dealkylation sites (N-methyl/N-ethyl adjacent to an activating group) is 1. The highest BCUT2D eigenvalue weighted by Gasteiger charge is 2.25. The van der Waals surface area contributed by atoms with Gasteiger partial charge in [-0.3, -0.25) is 4.79 Å². The first-order valence-corrected chi connectivity index (χ1v) is 8.34. The standard InChI is InChI=1S/C10H16ClN3O4S2/c1-14(7-8(15)12-4-3-5-18-2)20(16,17)9-6-13-10(11)19-9/h6H,3-5,7H2,1-2H3,(H,12,15). The average molecular weight is 342 g/mol. The molecule has 1 amide bonds. The molecule has 0 fully saturated rings. The first kappa shape index (κ1) is 17.3. The van der Waals surface area contributed by atoms with Crippen LogP contribution in [0.3, 0.4) is 0 Å². The van der Waals surface area contributed by atoms with Gasteiger partial charge >= 0.3 is 0 Å². The Labute approximate surface area is 126 Å². The maximum Gasteiger partial charge on any atom is 0.254 e. The van der Waals surface area contributed by atoms with Gasteiger partial charge in [0, 0.05) is 27.3 Å². The highest BCUT2D eigenvalue weighted by atomic mass is 35.5. The number of halogens is 1. The lowest BCUT2D eigenvalue weighted by molar-refractivity contribution is -0.121. The summed E-state index contributed by atoms with van der Waals surface area (Å²) in [6, 6.07) is 0. The normalized spacial score (nSPS) is 11.8. The van der Waals surface area contributed by atoms with Gasteiger partial charge in [0.25, 0.3) is 10.0 Å². The van der Waals surface area contributed by atoms with Gasteiger partial charge in [-0.25, -0.2) is 13.4 Å². The highest BCUT2D eigenvalue weighted by Crippen LogP contribution is 2.24. The van der Waals surface area contributed by atoms with Gasteiger partial charge in [0.2, 0.25) is 5.91 Å². The monoisotopic (exact) mass is 341 g/mol. The molecule has 10 heteroatoms. The molecule has 1 heterocycles. The number of rotatable bonds is 8. The van der Waals surface area contributed by atoms with Crippen molar-refractivity contribution in [1.82, 2.24) is 14.6 Å². The molecular formula is C10H16ClN3O4S2. The predicted molar refractivity (Wildman–Crippen MR) is 76.4 cm³/mol. The van der Waals surface area contributed by atoms with Gasteiger partial charge in [0.15, 0.2) is 8.68 Å². The quantitative estimate of drug-likeness (QED) is 0.698. The van der Waals surface area contributed by atoms with E-state index in [1.807, 2.05) is 0 Å². The molecule has 0 spiro atoms. The Kier molecular flexibility index (Phi) is 6.83. The number of sulfonamides is 1. The van der Waals surface area contributed by atoms with Crippen LogP contribution in [0.15, 0.2) is 10.4 Å². The van der Waals surface area contributed by atoms with Crippen LogP contribution in [-0.2, 0) is 19.6 Å². The number of aromatic nitrogens is 1. The summed E-state index contributed by atoms with van der Waals surface area (Å²) in [6.45, 7) is 0.714. The largest absolute Gasteiger partial charge is 0.385 e. The maximum absolute atomic E-state index is 12.1.